The largest absolute Gasteiger partial charge is 0.365 e. The molecule has 1 aliphatic heterocycles. The quantitative estimate of drug-likeness (QED) is 0.940. The van der Waals surface area contributed by atoms with Crippen molar-refractivity contribution in [2.24, 2.45) is 5.73 Å². The summed E-state index contributed by atoms with van der Waals surface area (Å²) in [7, 11) is 0. The summed E-state index contributed by atoms with van der Waals surface area (Å²) < 4.78 is 13.0. The lowest BCUT2D eigenvalue weighted by molar-refractivity contribution is 0.0998. The first-order chi connectivity index (χ1) is 11.0. The van der Waals surface area contributed by atoms with Crippen LogP contribution in [0.1, 0.15) is 46.3 Å². The van der Waals surface area contributed by atoms with E-state index in [0.29, 0.717) is 17.1 Å². The molecule has 0 bridgehead atoms. The zero-order chi connectivity index (χ0) is 16.4. The zero-order valence-corrected chi connectivity index (χ0v) is 13.0. The van der Waals surface area contributed by atoms with E-state index in [9.17, 15) is 9.18 Å². The molecule has 2 aromatic rings. The number of carbonyl (C=O) groups is 1. The van der Waals surface area contributed by atoms with E-state index in [1.807, 2.05) is 0 Å². The second-order valence-corrected chi connectivity index (χ2v) is 5.85. The van der Waals surface area contributed by atoms with Gasteiger partial charge in [-0.25, -0.2) is 14.4 Å². The fraction of sp³-hybridized carbons (Fsp3) is 0.353. The third kappa shape index (κ3) is 3.37. The Hall–Kier alpha value is -2.34. The molecule has 0 radical (unpaired) electrons. The van der Waals surface area contributed by atoms with Crippen LogP contribution >= 0.6 is 0 Å². The van der Waals surface area contributed by atoms with E-state index >= 15 is 0 Å². The van der Waals surface area contributed by atoms with Crippen molar-refractivity contribution >= 4 is 5.91 Å². The first-order valence-electron chi connectivity index (χ1n) is 7.66. The number of hydrogen-bond donors (Lipinski definition) is 1. The lowest BCUT2D eigenvalue weighted by Gasteiger charge is -2.23. The van der Waals surface area contributed by atoms with Gasteiger partial charge in [0.1, 0.15) is 11.6 Å². The number of aromatic nitrogens is 2. The molecule has 2 heterocycles. The fourth-order valence-corrected chi connectivity index (χ4v) is 3.02. The van der Waals surface area contributed by atoms with Crippen molar-refractivity contribution < 1.29 is 9.18 Å². The smallest absolute Gasteiger partial charge is 0.252 e. The number of hydrogen-bond acceptors (Lipinski definition) is 4. The third-order valence-corrected chi connectivity index (χ3v) is 4.22. The van der Waals surface area contributed by atoms with Gasteiger partial charge in [0.15, 0.2) is 0 Å². The maximum absolute atomic E-state index is 13.0. The zero-order valence-electron chi connectivity index (χ0n) is 13.0. The second-order valence-electron chi connectivity index (χ2n) is 5.85. The summed E-state index contributed by atoms with van der Waals surface area (Å²) >= 11 is 0. The Bertz CT molecular complexity index is 717. The van der Waals surface area contributed by atoms with Crippen LogP contribution in [0.2, 0.25) is 0 Å². The molecule has 6 heteroatoms. The van der Waals surface area contributed by atoms with Crippen molar-refractivity contribution in [3.63, 3.8) is 0 Å². The first kappa shape index (κ1) is 15.6. The number of primary amides is 1. The number of carbonyl (C=O) groups excluding carboxylic acids is 1. The van der Waals surface area contributed by atoms with E-state index < -0.39 is 5.91 Å². The van der Waals surface area contributed by atoms with Crippen LogP contribution in [0.4, 0.5) is 4.39 Å². The summed E-state index contributed by atoms with van der Waals surface area (Å²) in [5.74, 6) is -0.0246. The van der Waals surface area contributed by atoms with Crippen LogP contribution in [0.25, 0.3) is 0 Å². The van der Waals surface area contributed by atoms with Crippen LogP contribution < -0.4 is 5.73 Å². The van der Waals surface area contributed by atoms with Crippen molar-refractivity contribution in [2.45, 2.75) is 32.4 Å². The summed E-state index contributed by atoms with van der Waals surface area (Å²) in [5.41, 5.74) is 7.32. The van der Waals surface area contributed by atoms with Gasteiger partial charge in [0, 0.05) is 12.7 Å². The topological polar surface area (TPSA) is 72.1 Å². The molecule has 0 aliphatic carbocycles. The second kappa shape index (κ2) is 6.42. The number of likely N-dealkylation sites (tertiary alicyclic amines) is 1. The van der Waals surface area contributed by atoms with Crippen LogP contribution in [0.15, 0.2) is 30.5 Å². The maximum atomic E-state index is 13.0. The first-order valence-corrected chi connectivity index (χ1v) is 7.66. The van der Waals surface area contributed by atoms with Crippen molar-refractivity contribution in [1.29, 1.82) is 0 Å². The van der Waals surface area contributed by atoms with Gasteiger partial charge in [0.2, 0.25) is 0 Å². The molecule has 0 unspecified atom stereocenters. The molecule has 0 saturated carbocycles. The van der Waals surface area contributed by atoms with E-state index in [4.69, 9.17) is 5.73 Å². The molecule has 1 aromatic heterocycles. The summed E-state index contributed by atoms with van der Waals surface area (Å²) in [6.07, 6.45) is 3.54. The summed E-state index contributed by atoms with van der Waals surface area (Å²) in [4.78, 5) is 22.4. The molecular weight excluding hydrogens is 295 g/mol. The van der Waals surface area contributed by atoms with Gasteiger partial charge >= 0.3 is 0 Å². The van der Waals surface area contributed by atoms with Gasteiger partial charge in [-0.1, -0.05) is 12.1 Å². The molecule has 1 aliphatic rings. The SMILES string of the molecule is Cc1nc([C@H]2CCCN2Cc2ccc(F)cc2)ncc1C(N)=O. The predicted molar refractivity (Wildman–Crippen MR) is 84.1 cm³/mol. The highest BCUT2D eigenvalue weighted by atomic mass is 19.1. The van der Waals surface area contributed by atoms with E-state index in [1.165, 1.54) is 18.3 Å². The summed E-state index contributed by atoms with van der Waals surface area (Å²) in [6, 6.07) is 6.66. The molecule has 1 saturated heterocycles. The number of nitrogens with zero attached hydrogens (tertiary/aromatic N) is 3. The van der Waals surface area contributed by atoms with Crippen LogP contribution in [0.3, 0.4) is 0 Å². The molecule has 2 N–H and O–H groups in total. The summed E-state index contributed by atoms with van der Waals surface area (Å²) in [6.45, 7) is 3.44. The number of rotatable bonds is 4. The standard InChI is InChI=1S/C17H19FN4O/c1-11-14(16(19)23)9-20-17(21-11)15-3-2-8-22(15)10-12-4-6-13(18)7-5-12/h4-7,9,15H,2-3,8,10H2,1H3,(H2,19,23)/t15-/m1/s1. The van der Waals surface area contributed by atoms with E-state index in [2.05, 4.69) is 14.9 Å². The Morgan fingerprint density at radius 3 is 2.78 bits per heavy atom. The molecule has 3 rings (SSSR count). The number of halogens is 1. The third-order valence-electron chi connectivity index (χ3n) is 4.22. The van der Waals surface area contributed by atoms with Crippen molar-refractivity contribution in [2.75, 3.05) is 6.54 Å². The Morgan fingerprint density at radius 2 is 2.13 bits per heavy atom. The maximum Gasteiger partial charge on any atom is 0.252 e. The van der Waals surface area contributed by atoms with Crippen molar-refractivity contribution in [3.05, 3.63) is 58.9 Å². The van der Waals surface area contributed by atoms with Gasteiger partial charge < -0.3 is 5.73 Å². The van der Waals surface area contributed by atoms with Crippen LogP contribution in [0, 0.1) is 12.7 Å². The van der Waals surface area contributed by atoms with Crippen LogP contribution in [0.5, 0.6) is 0 Å². The minimum atomic E-state index is -0.511. The minimum Gasteiger partial charge on any atom is -0.365 e. The Balaban J connectivity index is 1.80. The number of aryl methyl sites for hydroxylation is 1. The number of benzene rings is 1. The minimum absolute atomic E-state index is 0.112. The monoisotopic (exact) mass is 314 g/mol. The van der Waals surface area contributed by atoms with Crippen LogP contribution in [-0.4, -0.2) is 27.3 Å². The van der Waals surface area contributed by atoms with Gasteiger partial charge in [-0.05, 0) is 44.0 Å². The number of amides is 1. The van der Waals surface area contributed by atoms with E-state index in [0.717, 1.165) is 31.5 Å². The highest BCUT2D eigenvalue weighted by Crippen LogP contribution is 2.31. The van der Waals surface area contributed by atoms with E-state index in [1.54, 1.807) is 19.1 Å². The fourth-order valence-electron chi connectivity index (χ4n) is 3.02. The highest BCUT2D eigenvalue weighted by Gasteiger charge is 2.28. The van der Waals surface area contributed by atoms with Crippen LogP contribution in [-0.2, 0) is 6.54 Å². The van der Waals surface area contributed by atoms with Crippen molar-refractivity contribution in [1.82, 2.24) is 14.9 Å². The lowest BCUT2D eigenvalue weighted by Crippen LogP contribution is -2.25. The molecule has 1 aromatic carbocycles. The molecule has 120 valence electrons. The van der Waals surface area contributed by atoms with Gasteiger partial charge in [-0.15, -0.1) is 0 Å². The van der Waals surface area contributed by atoms with Gasteiger partial charge in [-0.2, -0.15) is 0 Å². The predicted octanol–water partition coefficient (Wildman–Crippen LogP) is 2.36. The molecule has 1 fully saturated rings. The van der Waals surface area contributed by atoms with E-state index in [-0.39, 0.29) is 11.9 Å². The lowest BCUT2D eigenvalue weighted by atomic mass is 10.1. The van der Waals surface area contributed by atoms with Crippen molar-refractivity contribution in [3.8, 4) is 0 Å². The molecule has 23 heavy (non-hydrogen) atoms. The molecule has 1 atom stereocenters. The number of nitrogens with two attached hydrogens (primary N) is 1. The van der Waals surface area contributed by atoms with Gasteiger partial charge in [0.05, 0.1) is 17.3 Å². The Morgan fingerprint density at radius 1 is 1.39 bits per heavy atom. The Kier molecular flexibility index (Phi) is 4.34. The summed E-state index contributed by atoms with van der Waals surface area (Å²) in [5, 5.41) is 0. The van der Waals surface area contributed by atoms with Gasteiger partial charge in [-0.3, -0.25) is 9.69 Å². The highest BCUT2D eigenvalue weighted by molar-refractivity contribution is 5.93. The molecule has 1 amide bonds. The van der Waals surface area contributed by atoms with Gasteiger partial charge in [0.25, 0.3) is 5.91 Å². The average Bonchev–Trinajstić information content (AvgIpc) is 2.97. The molecule has 0 spiro atoms. The Labute approximate surface area is 134 Å². The normalized spacial score (nSPS) is 18.3. The molecule has 5 nitrogen and oxygen atoms in total. The molecular formula is C17H19FN4O. The average molecular weight is 314 g/mol.